The number of amides is 1. The number of hydrogen-bond acceptors (Lipinski definition) is 4. The van der Waals surface area contributed by atoms with Crippen LogP contribution in [0, 0.1) is 0 Å². The first-order chi connectivity index (χ1) is 13.2. The van der Waals surface area contributed by atoms with Crippen LogP contribution in [0.4, 0.5) is 5.69 Å². The lowest BCUT2D eigenvalue weighted by Gasteiger charge is -2.10. The van der Waals surface area contributed by atoms with E-state index in [1.807, 2.05) is 54.6 Å². The van der Waals surface area contributed by atoms with E-state index in [1.54, 1.807) is 31.4 Å². The van der Waals surface area contributed by atoms with Crippen LogP contribution in [0.25, 0.3) is 0 Å². The molecule has 0 spiro atoms. The fourth-order valence-corrected chi connectivity index (χ4v) is 2.42. The highest BCUT2D eigenvalue weighted by Crippen LogP contribution is 2.18. The van der Waals surface area contributed by atoms with E-state index in [-0.39, 0.29) is 5.91 Å². The summed E-state index contributed by atoms with van der Waals surface area (Å²) in [6.45, 7) is 0.848. The Morgan fingerprint density at radius 2 is 1.26 bits per heavy atom. The second kappa shape index (κ2) is 9.29. The molecular weight excluding hydrogens is 342 g/mol. The average molecular weight is 363 g/mol. The second-order valence-corrected chi connectivity index (χ2v) is 5.72. The smallest absolute Gasteiger partial charge is 0.255 e. The third kappa shape index (κ3) is 5.51. The Bertz CT molecular complexity index is 846. The van der Waals surface area contributed by atoms with Crippen molar-refractivity contribution in [3.63, 3.8) is 0 Å². The molecule has 0 bridgehead atoms. The van der Waals surface area contributed by atoms with Gasteiger partial charge in [-0.15, -0.1) is 0 Å². The van der Waals surface area contributed by atoms with Gasteiger partial charge in [0.05, 0.1) is 7.11 Å². The average Bonchev–Trinajstić information content (AvgIpc) is 2.73. The number of benzene rings is 3. The minimum absolute atomic E-state index is 0.142. The molecule has 1 amide bonds. The van der Waals surface area contributed by atoms with E-state index in [0.717, 1.165) is 11.5 Å². The van der Waals surface area contributed by atoms with Crippen LogP contribution in [-0.4, -0.2) is 26.2 Å². The van der Waals surface area contributed by atoms with Gasteiger partial charge in [0.1, 0.15) is 30.5 Å². The number of carbonyl (C=O) groups excluding carboxylic acids is 1. The first-order valence-electron chi connectivity index (χ1n) is 8.61. The van der Waals surface area contributed by atoms with Gasteiger partial charge in [-0.1, -0.05) is 18.2 Å². The Balaban J connectivity index is 1.43. The molecule has 5 nitrogen and oxygen atoms in total. The Hall–Kier alpha value is -3.47. The SMILES string of the molecule is COc1ccc(OCCOc2ccc(NC(=O)c3ccccc3)cc2)cc1. The van der Waals surface area contributed by atoms with Gasteiger partial charge >= 0.3 is 0 Å². The summed E-state index contributed by atoms with van der Waals surface area (Å²) < 4.78 is 16.4. The summed E-state index contributed by atoms with van der Waals surface area (Å²) in [5.41, 5.74) is 1.33. The van der Waals surface area contributed by atoms with Gasteiger partial charge in [-0.2, -0.15) is 0 Å². The van der Waals surface area contributed by atoms with Gasteiger partial charge in [-0.25, -0.2) is 0 Å². The van der Waals surface area contributed by atoms with Crippen molar-refractivity contribution >= 4 is 11.6 Å². The summed E-state index contributed by atoms with van der Waals surface area (Å²) in [5.74, 6) is 2.12. The molecule has 1 N–H and O–H groups in total. The Morgan fingerprint density at radius 3 is 1.81 bits per heavy atom. The number of ether oxygens (including phenoxy) is 3. The molecule has 0 aliphatic heterocycles. The molecule has 27 heavy (non-hydrogen) atoms. The van der Waals surface area contributed by atoms with E-state index in [9.17, 15) is 4.79 Å². The number of rotatable bonds is 8. The molecule has 138 valence electrons. The van der Waals surface area contributed by atoms with Crippen LogP contribution in [0.3, 0.4) is 0 Å². The highest BCUT2D eigenvalue weighted by molar-refractivity contribution is 6.04. The maximum Gasteiger partial charge on any atom is 0.255 e. The molecule has 0 aliphatic rings. The molecule has 3 aromatic rings. The summed E-state index contributed by atoms with van der Waals surface area (Å²) in [5, 5.41) is 2.85. The van der Waals surface area contributed by atoms with Gasteiger partial charge in [0, 0.05) is 11.3 Å². The Morgan fingerprint density at radius 1 is 0.741 bits per heavy atom. The maximum atomic E-state index is 12.1. The maximum absolute atomic E-state index is 12.1. The lowest BCUT2D eigenvalue weighted by Crippen LogP contribution is -2.11. The molecule has 0 fully saturated rings. The van der Waals surface area contributed by atoms with E-state index in [0.29, 0.717) is 30.2 Å². The van der Waals surface area contributed by atoms with Crippen LogP contribution in [0.1, 0.15) is 10.4 Å². The lowest BCUT2D eigenvalue weighted by atomic mass is 10.2. The van der Waals surface area contributed by atoms with E-state index in [2.05, 4.69) is 5.32 Å². The number of nitrogens with one attached hydrogen (secondary N) is 1. The summed E-state index contributed by atoms with van der Waals surface area (Å²) in [6.07, 6.45) is 0. The third-order valence-corrected chi connectivity index (χ3v) is 3.83. The third-order valence-electron chi connectivity index (χ3n) is 3.83. The van der Waals surface area contributed by atoms with Gasteiger partial charge in [0.25, 0.3) is 5.91 Å². The van der Waals surface area contributed by atoms with Crippen molar-refractivity contribution in [2.45, 2.75) is 0 Å². The van der Waals surface area contributed by atoms with E-state index < -0.39 is 0 Å². The topological polar surface area (TPSA) is 56.8 Å². The molecule has 3 aromatic carbocycles. The molecule has 0 aliphatic carbocycles. The zero-order valence-electron chi connectivity index (χ0n) is 15.1. The standard InChI is InChI=1S/C22H21NO4/c1-25-19-11-13-21(14-12-19)27-16-15-26-20-9-7-18(8-10-20)23-22(24)17-5-3-2-4-6-17/h2-14H,15-16H2,1H3,(H,23,24). The van der Waals surface area contributed by atoms with Crippen molar-refractivity contribution in [3.8, 4) is 17.2 Å². The predicted octanol–water partition coefficient (Wildman–Crippen LogP) is 4.41. The molecule has 5 heteroatoms. The van der Waals surface area contributed by atoms with Crippen molar-refractivity contribution < 1.29 is 19.0 Å². The largest absolute Gasteiger partial charge is 0.497 e. The molecular formula is C22H21NO4. The monoisotopic (exact) mass is 363 g/mol. The van der Waals surface area contributed by atoms with Crippen LogP contribution < -0.4 is 19.5 Å². The van der Waals surface area contributed by atoms with Gasteiger partial charge in [0.2, 0.25) is 0 Å². The fourth-order valence-electron chi connectivity index (χ4n) is 2.42. The molecule has 0 heterocycles. The molecule has 0 unspecified atom stereocenters. The summed E-state index contributed by atoms with van der Waals surface area (Å²) in [7, 11) is 1.63. The van der Waals surface area contributed by atoms with Crippen molar-refractivity contribution in [2.24, 2.45) is 0 Å². The number of methoxy groups -OCH3 is 1. The predicted molar refractivity (Wildman–Crippen MR) is 105 cm³/mol. The molecule has 0 atom stereocenters. The molecule has 0 radical (unpaired) electrons. The van der Waals surface area contributed by atoms with E-state index >= 15 is 0 Å². The molecule has 0 saturated heterocycles. The number of carbonyl (C=O) groups is 1. The fraction of sp³-hybridized carbons (Fsp3) is 0.136. The zero-order chi connectivity index (χ0) is 18.9. The van der Waals surface area contributed by atoms with Crippen molar-refractivity contribution in [2.75, 3.05) is 25.6 Å². The zero-order valence-corrected chi connectivity index (χ0v) is 15.1. The van der Waals surface area contributed by atoms with Crippen LogP contribution in [-0.2, 0) is 0 Å². The summed E-state index contributed by atoms with van der Waals surface area (Å²) >= 11 is 0. The first-order valence-corrected chi connectivity index (χ1v) is 8.61. The van der Waals surface area contributed by atoms with Gasteiger partial charge in [-0.3, -0.25) is 4.79 Å². The van der Waals surface area contributed by atoms with Crippen LogP contribution >= 0.6 is 0 Å². The second-order valence-electron chi connectivity index (χ2n) is 5.72. The molecule has 0 saturated carbocycles. The first kappa shape index (κ1) is 18.3. The molecule has 0 aromatic heterocycles. The van der Waals surface area contributed by atoms with Gasteiger partial charge in [-0.05, 0) is 60.7 Å². The quantitative estimate of drug-likeness (QED) is 0.603. The van der Waals surface area contributed by atoms with Crippen molar-refractivity contribution in [1.82, 2.24) is 0 Å². The lowest BCUT2D eigenvalue weighted by molar-refractivity contribution is 0.102. The van der Waals surface area contributed by atoms with Crippen LogP contribution in [0.2, 0.25) is 0 Å². The van der Waals surface area contributed by atoms with Gasteiger partial charge in [0.15, 0.2) is 0 Å². The van der Waals surface area contributed by atoms with Gasteiger partial charge < -0.3 is 19.5 Å². The van der Waals surface area contributed by atoms with Crippen molar-refractivity contribution in [3.05, 3.63) is 84.4 Å². The molecule has 3 rings (SSSR count). The van der Waals surface area contributed by atoms with E-state index in [1.165, 1.54) is 0 Å². The normalized spacial score (nSPS) is 10.1. The minimum Gasteiger partial charge on any atom is -0.497 e. The highest BCUT2D eigenvalue weighted by atomic mass is 16.5. The van der Waals surface area contributed by atoms with Crippen LogP contribution in [0.5, 0.6) is 17.2 Å². The highest BCUT2D eigenvalue weighted by Gasteiger charge is 2.05. The Labute approximate surface area is 158 Å². The summed E-state index contributed by atoms with van der Waals surface area (Å²) in [4.78, 5) is 12.1. The number of anilines is 1. The van der Waals surface area contributed by atoms with Crippen LogP contribution in [0.15, 0.2) is 78.9 Å². The number of hydrogen-bond donors (Lipinski definition) is 1. The van der Waals surface area contributed by atoms with E-state index in [4.69, 9.17) is 14.2 Å². The van der Waals surface area contributed by atoms with Crippen molar-refractivity contribution in [1.29, 1.82) is 0 Å². The Kier molecular flexibility index (Phi) is 6.30. The summed E-state index contributed by atoms with van der Waals surface area (Å²) in [6, 6.07) is 23.7. The minimum atomic E-state index is -0.142.